The lowest BCUT2D eigenvalue weighted by Crippen LogP contribution is -2.54. The van der Waals surface area contributed by atoms with Gasteiger partial charge < -0.3 is 30.6 Å². The predicted octanol–water partition coefficient (Wildman–Crippen LogP) is -0.0298. The predicted molar refractivity (Wildman–Crippen MR) is 134 cm³/mol. The van der Waals surface area contributed by atoms with Crippen LogP contribution in [-0.2, 0) is 23.8 Å². The highest BCUT2D eigenvalue weighted by molar-refractivity contribution is 6.25. The van der Waals surface area contributed by atoms with Crippen LogP contribution in [0, 0.1) is 5.53 Å². The molecule has 1 aromatic rings. The fraction of sp³-hybridized carbons (Fsp3) is 0.500. The molecule has 6 N–H and O–H groups in total. The molecule has 1 saturated heterocycles. The zero-order valence-electron chi connectivity index (χ0n) is 21.0. The molecule has 14 heteroatoms. The van der Waals surface area contributed by atoms with Gasteiger partial charge in [-0.3, -0.25) is 29.4 Å². The summed E-state index contributed by atoms with van der Waals surface area (Å²) in [4.78, 5) is 50.5. The van der Waals surface area contributed by atoms with Crippen molar-refractivity contribution in [2.45, 2.75) is 18.9 Å². The van der Waals surface area contributed by atoms with E-state index in [0.717, 1.165) is 4.90 Å². The normalized spacial score (nSPS) is 17.4. The number of rotatable bonds is 17. The number of benzene rings is 1. The summed E-state index contributed by atoms with van der Waals surface area (Å²) in [6.45, 7) is 3.46. The summed E-state index contributed by atoms with van der Waals surface area (Å²) >= 11 is 0. The zero-order chi connectivity index (χ0) is 27.3. The highest BCUT2D eigenvalue weighted by atomic mass is 16.5. The van der Waals surface area contributed by atoms with Crippen molar-refractivity contribution in [3.05, 3.63) is 41.2 Å². The van der Waals surface area contributed by atoms with E-state index < -0.39 is 29.7 Å². The Morgan fingerprint density at radius 3 is 2.55 bits per heavy atom. The van der Waals surface area contributed by atoms with E-state index in [9.17, 15) is 19.2 Å². The van der Waals surface area contributed by atoms with Gasteiger partial charge >= 0.3 is 0 Å². The Bertz CT molecular complexity index is 1060. The minimum Gasteiger partial charge on any atom is -0.387 e. The Labute approximate surface area is 219 Å². The summed E-state index contributed by atoms with van der Waals surface area (Å²) in [5, 5.41) is 11.7. The van der Waals surface area contributed by atoms with E-state index in [2.05, 4.69) is 21.1 Å². The maximum absolute atomic E-state index is 13.1. The number of fused-ring (bicyclic) bond motifs is 1. The first-order valence-corrected chi connectivity index (χ1v) is 12.3. The van der Waals surface area contributed by atoms with Crippen molar-refractivity contribution in [3.8, 4) is 0 Å². The second kappa shape index (κ2) is 14.9. The van der Waals surface area contributed by atoms with E-state index in [0.29, 0.717) is 64.1 Å². The third-order valence-corrected chi connectivity index (χ3v) is 5.72. The van der Waals surface area contributed by atoms with Crippen LogP contribution in [0.2, 0.25) is 0 Å². The number of carbonyl (C=O) groups is 4. The molecule has 2 heterocycles. The van der Waals surface area contributed by atoms with Gasteiger partial charge in [0.1, 0.15) is 11.7 Å². The summed E-state index contributed by atoms with van der Waals surface area (Å²) < 4.78 is 16.2. The Kier molecular flexibility index (Phi) is 11.3. The smallest absolute Gasteiger partial charge is 0.264 e. The second-order valence-electron chi connectivity index (χ2n) is 8.37. The van der Waals surface area contributed by atoms with E-state index in [1.807, 2.05) is 0 Å². The molecule has 1 atom stereocenters. The van der Waals surface area contributed by atoms with Crippen molar-refractivity contribution in [1.29, 1.82) is 5.53 Å². The molecule has 3 rings (SSSR count). The Hall–Kier alpha value is -3.72. The van der Waals surface area contributed by atoms with Crippen LogP contribution in [0.25, 0.3) is 0 Å². The lowest BCUT2D eigenvalue weighted by atomic mass is 10.0. The lowest BCUT2D eigenvalue weighted by molar-refractivity contribution is -0.136. The number of piperidine rings is 1. The SMILES string of the molecule is N=N/C(=C\NCCOCCOCCNc1cccc2c1C(=O)N(C1CCC(=O)NC1=O)C2=O)COCCN. The maximum atomic E-state index is 13.1. The number of nitrogens with one attached hydrogen (secondary N) is 4. The molecule has 0 saturated carbocycles. The first-order chi connectivity index (χ1) is 18.5. The van der Waals surface area contributed by atoms with Gasteiger partial charge in [-0.25, -0.2) is 5.53 Å². The molecule has 2 aliphatic heterocycles. The average molecular weight is 532 g/mol. The molecule has 38 heavy (non-hydrogen) atoms. The summed E-state index contributed by atoms with van der Waals surface area (Å²) in [5.41, 5.74) is 13.8. The van der Waals surface area contributed by atoms with Crippen LogP contribution in [0.3, 0.4) is 0 Å². The number of nitrogens with two attached hydrogens (primary N) is 1. The van der Waals surface area contributed by atoms with E-state index in [-0.39, 0.29) is 30.6 Å². The van der Waals surface area contributed by atoms with Crippen LogP contribution >= 0.6 is 0 Å². The first kappa shape index (κ1) is 28.8. The molecule has 206 valence electrons. The van der Waals surface area contributed by atoms with Crippen LogP contribution in [0.1, 0.15) is 33.6 Å². The molecule has 0 aromatic heterocycles. The number of ether oxygens (including phenoxy) is 3. The molecule has 1 aromatic carbocycles. The van der Waals surface area contributed by atoms with Gasteiger partial charge in [0.05, 0.1) is 50.8 Å². The second-order valence-corrected chi connectivity index (χ2v) is 8.37. The lowest BCUT2D eigenvalue weighted by Gasteiger charge is -2.27. The third-order valence-electron chi connectivity index (χ3n) is 5.72. The van der Waals surface area contributed by atoms with Crippen LogP contribution in [-0.4, -0.2) is 93.8 Å². The highest BCUT2D eigenvalue weighted by Gasteiger charge is 2.45. The first-order valence-electron chi connectivity index (χ1n) is 12.3. The van der Waals surface area contributed by atoms with Gasteiger partial charge in [-0.2, -0.15) is 5.11 Å². The number of hydrogen-bond donors (Lipinski definition) is 5. The fourth-order valence-corrected chi connectivity index (χ4v) is 3.93. The van der Waals surface area contributed by atoms with E-state index in [4.69, 9.17) is 25.5 Å². The third kappa shape index (κ3) is 7.64. The zero-order valence-corrected chi connectivity index (χ0v) is 21.0. The minimum absolute atomic E-state index is 0.0672. The summed E-state index contributed by atoms with van der Waals surface area (Å²) in [7, 11) is 0. The summed E-state index contributed by atoms with van der Waals surface area (Å²) in [5.74, 6) is -2.17. The van der Waals surface area contributed by atoms with Crippen molar-refractivity contribution in [2.75, 3.05) is 64.6 Å². The van der Waals surface area contributed by atoms with Gasteiger partial charge in [-0.05, 0) is 18.6 Å². The topological polar surface area (TPSA) is 198 Å². The van der Waals surface area contributed by atoms with Gasteiger partial charge in [0.2, 0.25) is 11.8 Å². The minimum atomic E-state index is -1.01. The quantitative estimate of drug-likeness (QED) is 0.103. The number of nitrogens with zero attached hydrogens (tertiary/aromatic N) is 2. The largest absolute Gasteiger partial charge is 0.387 e. The highest BCUT2D eigenvalue weighted by Crippen LogP contribution is 2.32. The Morgan fingerprint density at radius 1 is 1.08 bits per heavy atom. The van der Waals surface area contributed by atoms with Crippen LogP contribution in [0.5, 0.6) is 0 Å². The molecule has 0 aliphatic carbocycles. The van der Waals surface area contributed by atoms with Gasteiger partial charge in [0.15, 0.2) is 0 Å². The van der Waals surface area contributed by atoms with Crippen molar-refractivity contribution < 1.29 is 33.4 Å². The number of hydrogen-bond acceptors (Lipinski definition) is 12. The molecule has 1 fully saturated rings. The van der Waals surface area contributed by atoms with E-state index in [1.54, 1.807) is 24.4 Å². The number of anilines is 1. The molecule has 2 aliphatic rings. The molecule has 0 spiro atoms. The van der Waals surface area contributed by atoms with Crippen LogP contribution in [0.15, 0.2) is 35.2 Å². The molecule has 4 amide bonds. The fourth-order valence-electron chi connectivity index (χ4n) is 3.93. The summed E-state index contributed by atoms with van der Waals surface area (Å²) in [6.07, 6.45) is 1.77. The Morgan fingerprint density at radius 2 is 1.84 bits per heavy atom. The van der Waals surface area contributed by atoms with E-state index >= 15 is 0 Å². The molecular weight excluding hydrogens is 498 g/mol. The number of carbonyl (C=O) groups excluding carboxylic acids is 4. The van der Waals surface area contributed by atoms with Crippen molar-refractivity contribution in [3.63, 3.8) is 0 Å². The van der Waals surface area contributed by atoms with Gasteiger partial charge in [-0.15, -0.1) is 0 Å². The van der Waals surface area contributed by atoms with Crippen LogP contribution < -0.4 is 21.7 Å². The maximum Gasteiger partial charge on any atom is 0.264 e. The van der Waals surface area contributed by atoms with Crippen molar-refractivity contribution in [1.82, 2.24) is 15.5 Å². The number of amides is 4. The summed E-state index contributed by atoms with van der Waals surface area (Å²) in [6, 6.07) is 3.88. The molecule has 0 radical (unpaired) electrons. The molecule has 1 unspecified atom stereocenters. The monoisotopic (exact) mass is 531 g/mol. The Balaban J connectivity index is 1.34. The average Bonchev–Trinajstić information content (AvgIpc) is 3.16. The number of imide groups is 2. The molecule has 14 nitrogen and oxygen atoms in total. The van der Waals surface area contributed by atoms with Crippen LogP contribution in [0.4, 0.5) is 5.69 Å². The van der Waals surface area contributed by atoms with Gasteiger partial charge in [-0.1, -0.05) is 6.07 Å². The molecular formula is C24H33N7O7. The molecule has 0 bridgehead atoms. The van der Waals surface area contributed by atoms with Crippen molar-refractivity contribution >= 4 is 29.3 Å². The van der Waals surface area contributed by atoms with E-state index in [1.165, 1.54) is 0 Å². The van der Waals surface area contributed by atoms with Crippen molar-refractivity contribution in [2.24, 2.45) is 10.8 Å². The van der Waals surface area contributed by atoms with Gasteiger partial charge in [0, 0.05) is 37.9 Å². The standard InChI is InChI=1S/C24H33N7O7/c25-6-9-38-15-16(30-26)14-27-7-10-36-12-13-37-11-8-28-18-3-1-2-17-21(18)24(35)31(23(17)34)19-4-5-20(32)29-22(19)33/h1-3,14,19,26-28H,4-13,15,25H2,(H,29,32,33)/b16-14-,30-26?. The van der Waals surface area contributed by atoms with Gasteiger partial charge in [0.25, 0.3) is 11.8 Å².